The lowest BCUT2D eigenvalue weighted by Gasteiger charge is -2.21. The number of nitrogens with one attached hydrogen (secondary N) is 1. The van der Waals surface area contributed by atoms with Crippen LogP contribution in [0.15, 0.2) is 16.7 Å². The zero-order valence-electron chi connectivity index (χ0n) is 15.7. The maximum Gasteiger partial charge on any atom is 0.292 e. The van der Waals surface area contributed by atoms with Crippen LogP contribution in [-0.4, -0.2) is 76.3 Å². The number of nitrogens with zero attached hydrogens (tertiary/aromatic N) is 3. The summed E-state index contributed by atoms with van der Waals surface area (Å²) in [5.41, 5.74) is 2.79. The third-order valence-corrected chi connectivity index (χ3v) is 4.50. The van der Waals surface area contributed by atoms with Crippen molar-refractivity contribution in [3.8, 4) is 0 Å². The SMILES string of the molecule is COCc1cc(C(=O)N2CCN(C(=O)c3[nH]c(C)cc3C)CC(O)C2)on1. The lowest BCUT2D eigenvalue weighted by molar-refractivity contribution is 0.0607. The van der Waals surface area contributed by atoms with Crippen LogP contribution in [0.1, 0.15) is 38.0 Å². The number of hydrogen-bond donors (Lipinski definition) is 2. The van der Waals surface area contributed by atoms with Gasteiger partial charge in [-0.25, -0.2) is 0 Å². The van der Waals surface area contributed by atoms with Gasteiger partial charge in [0.25, 0.3) is 11.8 Å². The van der Waals surface area contributed by atoms with Crippen molar-refractivity contribution in [3.63, 3.8) is 0 Å². The number of aliphatic hydroxyl groups excluding tert-OH is 1. The van der Waals surface area contributed by atoms with Crippen molar-refractivity contribution >= 4 is 11.8 Å². The first-order valence-corrected chi connectivity index (χ1v) is 8.76. The predicted molar refractivity (Wildman–Crippen MR) is 95.3 cm³/mol. The molecule has 1 aliphatic heterocycles. The van der Waals surface area contributed by atoms with Crippen LogP contribution in [0.5, 0.6) is 0 Å². The summed E-state index contributed by atoms with van der Waals surface area (Å²) in [6.45, 7) is 4.88. The third-order valence-electron chi connectivity index (χ3n) is 4.50. The van der Waals surface area contributed by atoms with E-state index in [0.717, 1.165) is 11.3 Å². The molecule has 3 heterocycles. The van der Waals surface area contributed by atoms with Crippen LogP contribution in [0.25, 0.3) is 0 Å². The minimum absolute atomic E-state index is 0.0878. The molecule has 1 saturated heterocycles. The normalized spacial score (nSPS) is 17.9. The van der Waals surface area contributed by atoms with Gasteiger partial charge in [0.1, 0.15) is 11.4 Å². The molecule has 0 spiro atoms. The fourth-order valence-corrected chi connectivity index (χ4v) is 3.25. The van der Waals surface area contributed by atoms with Crippen LogP contribution >= 0.6 is 0 Å². The summed E-state index contributed by atoms with van der Waals surface area (Å²) in [5, 5.41) is 14.1. The van der Waals surface area contributed by atoms with Crippen LogP contribution in [0.3, 0.4) is 0 Å². The van der Waals surface area contributed by atoms with Gasteiger partial charge in [0.05, 0.1) is 12.7 Å². The van der Waals surface area contributed by atoms with Crippen LogP contribution in [0.2, 0.25) is 0 Å². The van der Waals surface area contributed by atoms with Crippen molar-refractivity contribution in [2.45, 2.75) is 26.6 Å². The average Bonchev–Trinajstić information content (AvgIpc) is 3.16. The molecule has 0 aliphatic carbocycles. The van der Waals surface area contributed by atoms with Gasteiger partial charge in [-0.15, -0.1) is 0 Å². The average molecular weight is 376 g/mol. The second-order valence-corrected chi connectivity index (χ2v) is 6.78. The predicted octanol–water partition coefficient (Wildman–Crippen LogP) is 0.725. The maximum absolute atomic E-state index is 12.8. The van der Waals surface area contributed by atoms with E-state index in [4.69, 9.17) is 9.26 Å². The Hall–Kier alpha value is -2.65. The zero-order valence-corrected chi connectivity index (χ0v) is 15.7. The number of amides is 2. The van der Waals surface area contributed by atoms with Crippen LogP contribution in [0.4, 0.5) is 0 Å². The van der Waals surface area contributed by atoms with E-state index in [2.05, 4.69) is 10.1 Å². The number of methoxy groups -OCH3 is 1. The Morgan fingerprint density at radius 3 is 2.52 bits per heavy atom. The van der Waals surface area contributed by atoms with E-state index in [1.165, 1.54) is 18.1 Å². The molecule has 146 valence electrons. The zero-order chi connectivity index (χ0) is 19.6. The first-order chi connectivity index (χ1) is 12.9. The van der Waals surface area contributed by atoms with Crippen LogP contribution in [-0.2, 0) is 11.3 Å². The molecule has 2 aromatic rings. The summed E-state index contributed by atoms with van der Waals surface area (Å²) in [6.07, 6.45) is -0.849. The highest BCUT2D eigenvalue weighted by Gasteiger charge is 2.30. The lowest BCUT2D eigenvalue weighted by atomic mass is 10.2. The van der Waals surface area contributed by atoms with Crippen molar-refractivity contribution in [1.29, 1.82) is 0 Å². The van der Waals surface area contributed by atoms with Gasteiger partial charge >= 0.3 is 0 Å². The first-order valence-electron chi connectivity index (χ1n) is 8.76. The van der Waals surface area contributed by atoms with E-state index in [9.17, 15) is 14.7 Å². The molecule has 1 fully saturated rings. The van der Waals surface area contributed by atoms with E-state index in [0.29, 0.717) is 24.5 Å². The summed E-state index contributed by atoms with van der Waals surface area (Å²) in [7, 11) is 1.53. The minimum atomic E-state index is -0.849. The highest BCUT2D eigenvalue weighted by molar-refractivity contribution is 5.94. The second kappa shape index (κ2) is 7.93. The lowest BCUT2D eigenvalue weighted by Crippen LogP contribution is -2.38. The molecule has 27 heavy (non-hydrogen) atoms. The fourth-order valence-electron chi connectivity index (χ4n) is 3.25. The highest BCUT2D eigenvalue weighted by Crippen LogP contribution is 2.16. The summed E-state index contributed by atoms with van der Waals surface area (Å²) in [5.74, 6) is -0.467. The number of H-pyrrole nitrogens is 1. The minimum Gasteiger partial charge on any atom is -0.389 e. The molecular weight excluding hydrogens is 352 g/mol. The van der Waals surface area contributed by atoms with Crippen molar-refractivity contribution < 1.29 is 24.0 Å². The van der Waals surface area contributed by atoms with Crippen molar-refractivity contribution in [1.82, 2.24) is 19.9 Å². The standard InChI is InChI=1S/C18H24N4O5/c1-11-6-12(2)19-16(11)18(25)22-5-4-21(8-14(23)9-22)17(24)15-7-13(10-26-3)20-27-15/h6-7,14,19,23H,4-5,8-10H2,1-3H3. The Morgan fingerprint density at radius 1 is 1.26 bits per heavy atom. The molecule has 9 heteroatoms. The van der Waals surface area contributed by atoms with Gasteiger partial charge in [-0.05, 0) is 25.5 Å². The van der Waals surface area contributed by atoms with Gasteiger partial charge in [0.2, 0.25) is 5.76 Å². The fraction of sp³-hybridized carbons (Fsp3) is 0.500. The summed E-state index contributed by atoms with van der Waals surface area (Å²) in [4.78, 5) is 31.5. The Balaban J connectivity index is 1.70. The summed E-state index contributed by atoms with van der Waals surface area (Å²) >= 11 is 0. The molecule has 3 rings (SSSR count). The summed E-state index contributed by atoms with van der Waals surface area (Å²) in [6, 6.07) is 3.43. The molecule has 0 aromatic carbocycles. The van der Waals surface area contributed by atoms with Crippen molar-refractivity contribution in [2.75, 3.05) is 33.3 Å². The van der Waals surface area contributed by atoms with Crippen LogP contribution < -0.4 is 0 Å². The third kappa shape index (κ3) is 4.20. The van der Waals surface area contributed by atoms with E-state index < -0.39 is 6.10 Å². The Kier molecular flexibility index (Phi) is 5.62. The molecule has 0 bridgehead atoms. The van der Waals surface area contributed by atoms with Crippen LogP contribution in [0, 0.1) is 13.8 Å². The molecule has 2 aromatic heterocycles. The van der Waals surface area contributed by atoms with Gasteiger partial charge in [0, 0.05) is 45.0 Å². The largest absolute Gasteiger partial charge is 0.389 e. The molecule has 1 unspecified atom stereocenters. The molecular formula is C18H24N4O5. The number of aliphatic hydroxyl groups is 1. The number of aromatic amines is 1. The van der Waals surface area contributed by atoms with Gasteiger partial charge in [0.15, 0.2) is 0 Å². The Labute approximate surface area is 156 Å². The molecule has 9 nitrogen and oxygen atoms in total. The number of carbonyl (C=O) groups excluding carboxylic acids is 2. The maximum atomic E-state index is 12.8. The van der Waals surface area contributed by atoms with E-state index in [-0.39, 0.29) is 37.3 Å². The van der Waals surface area contributed by atoms with Gasteiger partial charge in [-0.1, -0.05) is 5.16 Å². The number of aromatic nitrogens is 2. The molecule has 0 radical (unpaired) electrons. The quantitative estimate of drug-likeness (QED) is 0.813. The smallest absolute Gasteiger partial charge is 0.292 e. The number of ether oxygens (including phenoxy) is 1. The number of carbonyl (C=O) groups is 2. The molecule has 2 N–H and O–H groups in total. The molecule has 2 amide bonds. The van der Waals surface area contributed by atoms with Crippen molar-refractivity contribution in [3.05, 3.63) is 40.5 Å². The van der Waals surface area contributed by atoms with Gasteiger partial charge in [-0.2, -0.15) is 0 Å². The first kappa shape index (κ1) is 19.1. The Bertz CT molecular complexity index is 828. The van der Waals surface area contributed by atoms with E-state index in [1.54, 1.807) is 4.90 Å². The Morgan fingerprint density at radius 2 is 1.93 bits per heavy atom. The molecule has 1 aliphatic rings. The highest BCUT2D eigenvalue weighted by atomic mass is 16.5. The molecule has 1 atom stereocenters. The molecule has 0 saturated carbocycles. The van der Waals surface area contributed by atoms with Gasteiger partial charge in [-0.3, -0.25) is 9.59 Å². The van der Waals surface area contributed by atoms with E-state index in [1.807, 2.05) is 19.9 Å². The van der Waals surface area contributed by atoms with Crippen molar-refractivity contribution in [2.24, 2.45) is 0 Å². The second-order valence-electron chi connectivity index (χ2n) is 6.78. The van der Waals surface area contributed by atoms with Gasteiger partial charge < -0.3 is 29.2 Å². The number of rotatable bonds is 4. The number of β-amino-alcohol motifs (C(OH)–C–C–N with tert-alkyl or cyclic N) is 1. The van der Waals surface area contributed by atoms with E-state index >= 15 is 0 Å². The number of aryl methyl sites for hydroxylation is 2. The topological polar surface area (TPSA) is 112 Å². The summed E-state index contributed by atoms with van der Waals surface area (Å²) < 4.78 is 10.0. The number of hydrogen-bond acceptors (Lipinski definition) is 6. The monoisotopic (exact) mass is 376 g/mol.